The van der Waals surface area contributed by atoms with Crippen LogP contribution in [0.4, 0.5) is 17.1 Å². The molecule has 50 heavy (non-hydrogen) atoms. The van der Waals surface area contributed by atoms with Gasteiger partial charge in [0.25, 0.3) is 0 Å². The molecule has 0 atom stereocenters. The van der Waals surface area contributed by atoms with Gasteiger partial charge < -0.3 is 4.90 Å². The van der Waals surface area contributed by atoms with Crippen LogP contribution in [-0.4, -0.2) is 0 Å². The van der Waals surface area contributed by atoms with Crippen molar-refractivity contribution in [3.63, 3.8) is 0 Å². The van der Waals surface area contributed by atoms with Crippen molar-refractivity contribution in [1.82, 2.24) is 0 Å². The van der Waals surface area contributed by atoms with E-state index in [2.05, 4.69) is 207 Å². The Bertz CT molecular complexity index is 2460. The lowest BCUT2D eigenvalue weighted by atomic mass is 9.67. The summed E-state index contributed by atoms with van der Waals surface area (Å²) in [6, 6.07) is 69.2. The van der Waals surface area contributed by atoms with Crippen molar-refractivity contribution in [1.29, 1.82) is 0 Å². The highest BCUT2D eigenvalue weighted by Gasteiger charge is 2.46. The number of benzene rings is 8. The van der Waals surface area contributed by atoms with Crippen LogP contribution in [0.5, 0.6) is 0 Å². The summed E-state index contributed by atoms with van der Waals surface area (Å²) in [6.45, 7) is 4.46. The van der Waals surface area contributed by atoms with Gasteiger partial charge in [-0.1, -0.05) is 152 Å². The molecule has 0 heterocycles. The quantitative estimate of drug-likeness (QED) is 0.175. The van der Waals surface area contributed by atoms with Gasteiger partial charge in [0.1, 0.15) is 0 Å². The highest BCUT2D eigenvalue weighted by Crippen LogP contribution is 2.58. The third kappa shape index (κ3) is 4.62. The van der Waals surface area contributed by atoms with E-state index in [1.807, 2.05) is 0 Å². The molecule has 1 aliphatic rings. The number of nitrogens with zero attached hydrogens (tertiary/aromatic N) is 1. The van der Waals surface area contributed by atoms with E-state index in [1.165, 1.54) is 66.4 Å². The first-order valence-corrected chi connectivity index (χ1v) is 17.4. The van der Waals surface area contributed by atoms with Gasteiger partial charge in [-0.05, 0) is 111 Å². The van der Waals surface area contributed by atoms with Crippen molar-refractivity contribution in [2.75, 3.05) is 4.90 Å². The fraction of sp³-hybridized carbons (Fsp3) is 0.0612. The summed E-state index contributed by atoms with van der Waals surface area (Å²) >= 11 is 0. The minimum atomic E-state index is -0.486. The molecule has 0 fully saturated rings. The highest BCUT2D eigenvalue weighted by atomic mass is 15.1. The maximum atomic E-state index is 2.47. The zero-order valence-corrected chi connectivity index (χ0v) is 28.3. The molecule has 0 radical (unpaired) electrons. The Labute approximate surface area is 294 Å². The smallest absolute Gasteiger partial charge is 0.0714 e. The normalized spacial score (nSPS) is 12.8. The summed E-state index contributed by atoms with van der Waals surface area (Å²) in [5.41, 5.74) is 15.7. The molecule has 1 heteroatoms. The maximum absolute atomic E-state index is 2.47. The molecule has 0 N–H and O–H groups in total. The standard InChI is InChI=1S/C49H37N/c1-34-17-12-15-27-42(34)44-31-36-19-13-14-20-37(36)32-47(44)50(40-25-10-5-11-26-40)41-29-30-43-46(33-41)49(38-21-6-3-7-22-38,39-23-8-4-9-24-39)45-28-16-18-35(2)48(43)45/h3-33H,1-2H3. The first kappa shape index (κ1) is 29.9. The first-order chi connectivity index (χ1) is 24.6. The van der Waals surface area contributed by atoms with Crippen molar-refractivity contribution >= 4 is 27.8 Å². The van der Waals surface area contributed by atoms with Crippen LogP contribution in [0.2, 0.25) is 0 Å². The maximum Gasteiger partial charge on any atom is 0.0714 e. The molecule has 1 aliphatic carbocycles. The van der Waals surface area contributed by atoms with Gasteiger partial charge >= 0.3 is 0 Å². The van der Waals surface area contributed by atoms with Crippen molar-refractivity contribution in [3.8, 4) is 22.3 Å². The summed E-state index contributed by atoms with van der Waals surface area (Å²) in [7, 11) is 0. The van der Waals surface area contributed by atoms with Gasteiger partial charge in [0.05, 0.1) is 11.1 Å². The average Bonchev–Trinajstić information content (AvgIpc) is 3.47. The summed E-state index contributed by atoms with van der Waals surface area (Å²) in [5, 5.41) is 2.45. The monoisotopic (exact) mass is 639 g/mol. The Hall–Kier alpha value is -6.18. The predicted octanol–water partition coefficient (Wildman–Crippen LogP) is 13.0. The molecule has 1 nitrogen and oxygen atoms in total. The first-order valence-electron chi connectivity index (χ1n) is 17.4. The summed E-state index contributed by atoms with van der Waals surface area (Å²) in [5.74, 6) is 0. The zero-order chi connectivity index (χ0) is 33.7. The molecule has 0 aromatic heterocycles. The fourth-order valence-corrected chi connectivity index (χ4v) is 8.36. The van der Waals surface area contributed by atoms with Crippen LogP contribution < -0.4 is 4.90 Å². The third-order valence-corrected chi connectivity index (χ3v) is 10.6. The minimum absolute atomic E-state index is 0.486. The largest absolute Gasteiger partial charge is 0.310 e. The molecule has 0 unspecified atom stereocenters. The molecule has 9 rings (SSSR count). The number of hydrogen-bond acceptors (Lipinski definition) is 1. The van der Waals surface area contributed by atoms with Crippen LogP contribution in [0, 0.1) is 13.8 Å². The van der Waals surface area contributed by atoms with Crippen LogP contribution in [0.3, 0.4) is 0 Å². The molecule has 8 aromatic rings. The molecule has 0 saturated heterocycles. The van der Waals surface area contributed by atoms with E-state index in [0.29, 0.717) is 0 Å². The Morgan fingerprint density at radius 2 is 0.960 bits per heavy atom. The Balaban J connectivity index is 1.38. The fourth-order valence-electron chi connectivity index (χ4n) is 8.36. The second-order valence-electron chi connectivity index (χ2n) is 13.4. The molecule has 0 amide bonds. The van der Waals surface area contributed by atoms with Crippen LogP contribution in [0.25, 0.3) is 33.0 Å². The lowest BCUT2D eigenvalue weighted by molar-refractivity contribution is 0.768. The number of para-hydroxylation sites is 1. The van der Waals surface area contributed by atoms with Gasteiger partial charge in [-0.15, -0.1) is 0 Å². The molecule has 8 aromatic carbocycles. The lowest BCUT2D eigenvalue weighted by Gasteiger charge is -2.35. The highest BCUT2D eigenvalue weighted by molar-refractivity contribution is 5.99. The number of aryl methyl sites for hydroxylation is 2. The number of hydrogen-bond donors (Lipinski definition) is 0. The van der Waals surface area contributed by atoms with Gasteiger partial charge in [0.2, 0.25) is 0 Å². The number of rotatable bonds is 6. The summed E-state index contributed by atoms with van der Waals surface area (Å²) < 4.78 is 0. The predicted molar refractivity (Wildman–Crippen MR) is 211 cm³/mol. The molecule has 238 valence electrons. The second-order valence-corrected chi connectivity index (χ2v) is 13.4. The third-order valence-electron chi connectivity index (χ3n) is 10.6. The van der Waals surface area contributed by atoms with E-state index < -0.39 is 5.41 Å². The molecule has 0 spiro atoms. The van der Waals surface area contributed by atoms with Crippen molar-refractivity contribution in [2.45, 2.75) is 19.3 Å². The molecular formula is C49H37N. The average molecular weight is 640 g/mol. The topological polar surface area (TPSA) is 3.24 Å². The van der Waals surface area contributed by atoms with E-state index in [9.17, 15) is 0 Å². The summed E-state index contributed by atoms with van der Waals surface area (Å²) in [4.78, 5) is 2.46. The Morgan fingerprint density at radius 1 is 0.380 bits per heavy atom. The van der Waals surface area contributed by atoms with Gasteiger partial charge in [-0.25, -0.2) is 0 Å². The van der Waals surface area contributed by atoms with Crippen LogP contribution in [0.15, 0.2) is 188 Å². The van der Waals surface area contributed by atoms with E-state index in [-0.39, 0.29) is 0 Å². The second kappa shape index (κ2) is 12.1. The molecular weight excluding hydrogens is 603 g/mol. The van der Waals surface area contributed by atoms with E-state index in [4.69, 9.17) is 0 Å². The molecule has 0 aliphatic heterocycles. The van der Waals surface area contributed by atoms with Gasteiger partial charge in [-0.2, -0.15) is 0 Å². The van der Waals surface area contributed by atoms with Gasteiger partial charge in [0, 0.05) is 16.9 Å². The SMILES string of the molecule is Cc1ccccc1-c1cc2ccccc2cc1N(c1ccccc1)c1ccc2c(c1)C(c1ccccc1)(c1ccccc1)c1cccc(C)c1-2. The van der Waals surface area contributed by atoms with E-state index in [1.54, 1.807) is 0 Å². The number of anilines is 3. The minimum Gasteiger partial charge on any atom is -0.310 e. The van der Waals surface area contributed by atoms with Crippen molar-refractivity contribution < 1.29 is 0 Å². The zero-order valence-electron chi connectivity index (χ0n) is 28.3. The van der Waals surface area contributed by atoms with Crippen molar-refractivity contribution in [2.24, 2.45) is 0 Å². The van der Waals surface area contributed by atoms with Crippen LogP contribution in [-0.2, 0) is 5.41 Å². The Kier molecular flexibility index (Phi) is 7.21. The van der Waals surface area contributed by atoms with E-state index >= 15 is 0 Å². The molecule has 0 bridgehead atoms. The van der Waals surface area contributed by atoms with Gasteiger partial charge in [-0.3, -0.25) is 0 Å². The molecule has 0 saturated carbocycles. The number of fused-ring (bicyclic) bond motifs is 4. The van der Waals surface area contributed by atoms with Crippen LogP contribution in [0.1, 0.15) is 33.4 Å². The summed E-state index contributed by atoms with van der Waals surface area (Å²) in [6.07, 6.45) is 0. The van der Waals surface area contributed by atoms with E-state index in [0.717, 1.165) is 17.1 Å². The van der Waals surface area contributed by atoms with Crippen LogP contribution >= 0.6 is 0 Å². The van der Waals surface area contributed by atoms with Gasteiger partial charge in [0.15, 0.2) is 0 Å². The Morgan fingerprint density at radius 3 is 1.64 bits per heavy atom. The van der Waals surface area contributed by atoms with Crippen molar-refractivity contribution in [3.05, 3.63) is 221 Å². The lowest BCUT2D eigenvalue weighted by Crippen LogP contribution is -2.28.